The molecule has 1 unspecified atom stereocenters. The summed E-state index contributed by atoms with van der Waals surface area (Å²) >= 11 is 1.62. The highest BCUT2D eigenvalue weighted by atomic mass is 32.1. The van der Waals surface area contributed by atoms with E-state index in [2.05, 4.69) is 16.8 Å². The molecular formula is C13H18N2OS. The lowest BCUT2D eigenvalue weighted by Gasteiger charge is -2.30. The fraction of sp³-hybridized carbons (Fsp3) is 0.692. The number of anilines is 1. The third kappa shape index (κ3) is 2.10. The number of carbonyl (C=O) groups is 1. The Labute approximate surface area is 106 Å². The standard InChI is InChI=1S/C13H18N2OS/c1-9-4-3-7-15(8-9)13-14-10-5-2-6-11(16)12(10)17-13/h9H,2-8H2,1H3. The van der Waals surface area contributed by atoms with Crippen molar-refractivity contribution in [3.8, 4) is 0 Å². The van der Waals surface area contributed by atoms with E-state index in [1.165, 1.54) is 12.8 Å². The first-order valence-corrected chi connectivity index (χ1v) is 7.33. The number of thiazole rings is 1. The van der Waals surface area contributed by atoms with Crippen molar-refractivity contribution in [3.63, 3.8) is 0 Å². The molecule has 1 aliphatic heterocycles. The van der Waals surface area contributed by atoms with E-state index in [0.717, 1.165) is 47.6 Å². The summed E-state index contributed by atoms with van der Waals surface area (Å²) in [6.07, 6.45) is 5.25. The number of ketones is 1. The summed E-state index contributed by atoms with van der Waals surface area (Å²) in [6, 6.07) is 0. The molecule has 0 bridgehead atoms. The fourth-order valence-electron chi connectivity index (χ4n) is 2.75. The van der Waals surface area contributed by atoms with Gasteiger partial charge >= 0.3 is 0 Å². The molecule has 1 aromatic rings. The number of hydrogen-bond acceptors (Lipinski definition) is 4. The Kier molecular flexibility index (Phi) is 2.90. The van der Waals surface area contributed by atoms with Gasteiger partial charge in [-0.05, 0) is 31.6 Å². The lowest BCUT2D eigenvalue weighted by atomic mass is 10.0. The number of fused-ring (bicyclic) bond motifs is 1. The molecule has 1 atom stereocenters. The van der Waals surface area contributed by atoms with Gasteiger partial charge in [-0.15, -0.1) is 0 Å². The van der Waals surface area contributed by atoms with Crippen molar-refractivity contribution < 1.29 is 4.79 Å². The Morgan fingerprint density at radius 1 is 1.35 bits per heavy atom. The summed E-state index contributed by atoms with van der Waals surface area (Å²) in [7, 11) is 0. The van der Waals surface area contributed by atoms with Gasteiger partial charge in [0.15, 0.2) is 10.9 Å². The zero-order chi connectivity index (χ0) is 11.8. The van der Waals surface area contributed by atoms with Gasteiger partial charge in [-0.1, -0.05) is 18.3 Å². The Bertz CT molecular complexity index is 441. The third-order valence-electron chi connectivity index (χ3n) is 3.68. The smallest absolute Gasteiger partial charge is 0.186 e. The minimum Gasteiger partial charge on any atom is -0.348 e. The zero-order valence-electron chi connectivity index (χ0n) is 10.2. The van der Waals surface area contributed by atoms with Crippen LogP contribution in [-0.4, -0.2) is 23.9 Å². The van der Waals surface area contributed by atoms with Gasteiger partial charge in [0.05, 0.1) is 10.6 Å². The molecule has 0 amide bonds. The number of aromatic nitrogens is 1. The molecule has 3 nitrogen and oxygen atoms in total. The Hall–Kier alpha value is -0.900. The van der Waals surface area contributed by atoms with Crippen molar-refractivity contribution in [3.05, 3.63) is 10.6 Å². The fourth-order valence-corrected chi connectivity index (χ4v) is 3.87. The highest BCUT2D eigenvalue weighted by Crippen LogP contribution is 2.33. The number of carbonyl (C=O) groups excluding carboxylic acids is 1. The maximum atomic E-state index is 11.8. The van der Waals surface area contributed by atoms with Crippen LogP contribution in [0.2, 0.25) is 0 Å². The van der Waals surface area contributed by atoms with E-state index in [1.54, 1.807) is 11.3 Å². The van der Waals surface area contributed by atoms with Gasteiger partial charge in [0.25, 0.3) is 0 Å². The topological polar surface area (TPSA) is 33.2 Å². The molecular weight excluding hydrogens is 232 g/mol. The van der Waals surface area contributed by atoms with E-state index in [1.807, 2.05) is 0 Å². The second-order valence-corrected chi connectivity index (χ2v) is 6.22. The second kappa shape index (κ2) is 4.41. The number of nitrogens with zero attached hydrogens (tertiary/aromatic N) is 2. The summed E-state index contributed by atoms with van der Waals surface area (Å²) in [5.74, 6) is 1.06. The van der Waals surface area contributed by atoms with Crippen LogP contribution in [0, 0.1) is 5.92 Å². The number of aryl methyl sites for hydroxylation is 1. The quantitative estimate of drug-likeness (QED) is 0.768. The van der Waals surface area contributed by atoms with Gasteiger partial charge in [0, 0.05) is 19.5 Å². The number of rotatable bonds is 1. The monoisotopic (exact) mass is 250 g/mol. The van der Waals surface area contributed by atoms with Crippen molar-refractivity contribution in [1.82, 2.24) is 4.98 Å². The molecule has 0 aromatic carbocycles. The largest absolute Gasteiger partial charge is 0.348 e. The first-order valence-electron chi connectivity index (χ1n) is 6.52. The average Bonchev–Trinajstić information content (AvgIpc) is 2.74. The van der Waals surface area contributed by atoms with Crippen molar-refractivity contribution in [2.24, 2.45) is 5.92 Å². The van der Waals surface area contributed by atoms with Gasteiger partial charge in [-0.25, -0.2) is 4.98 Å². The Balaban J connectivity index is 1.86. The average molecular weight is 250 g/mol. The summed E-state index contributed by atoms with van der Waals surface area (Å²) in [4.78, 5) is 19.8. The maximum Gasteiger partial charge on any atom is 0.186 e. The van der Waals surface area contributed by atoms with Crippen LogP contribution >= 0.6 is 11.3 Å². The lowest BCUT2D eigenvalue weighted by Crippen LogP contribution is -2.34. The van der Waals surface area contributed by atoms with Crippen LogP contribution in [0.15, 0.2) is 0 Å². The Morgan fingerprint density at radius 2 is 2.24 bits per heavy atom. The van der Waals surface area contributed by atoms with Gasteiger partial charge in [0.2, 0.25) is 0 Å². The SMILES string of the molecule is CC1CCCN(c2nc3c(s2)C(=O)CCC3)C1. The highest BCUT2D eigenvalue weighted by molar-refractivity contribution is 7.17. The molecule has 1 fully saturated rings. The molecule has 0 N–H and O–H groups in total. The summed E-state index contributed by atoms with van der Waals surface area (Å²) in [5, 5.41) is 1.08. The van der Waals surface area contributed by atoms with Gasteiger partial charge in [0.1, 0.15) is 0 Å². The van der Waals surface area contributed by atoms with E-state index in [9.17, 15) is 4.79 Å². The summed E-state index contributed by atoms with van der Waals surface area (Å²) in [6.45, 7) is 4.50. The van der Waals surface area contributed by atoms with Crippen molar-refractivity contribution in [2.75, 3.05) is 18.0 Å². The van der Waals surface area contributed by atoms with E-state index in [-0.39, 0.29) is 0 Å². The molecule has 0 spiro atoms. The van der Waals surface area contributed by atoms with E-state index in [4.69, 9.17) is 0 Å². The van der Waals surface area contributed by atoms with Gasteiger partial charge < -0.3 is 4.90 Å². The summed E-state index contributed by atoms with van der Waals surface area (Å²) in [5.41, 5.74) is 1.06. The summed E-state index contributed by atoms with van der Waals surface area (Å²) < 4.78 is 0. The molecule has 17 heavy (non-hydrogen) atoms. The van der Waals surface area contributed by atoms with Crippen molar-refractivity contribution in [2.45, 2.75) is 39.0 Å². The van der Waals surface area contributed by atoms with Crippen LogP contribution in [-0.2, 0) is 6.42 Å². The molecule has 4 heteroatoms. The lowest BCUT2D eigenvalue weighted by molar-refractivity contribution is 0.0976. The first kappa shape index (κ1) is 11.2. The zero-order valence-corrected chi connectivity index (χ0v) is 11.1. The van der Waals surface area contributed by atoms with E-state index >= 15 is 0 Å². The van der Waals surface area contributed by atoms with Crippen LogP contribution in [0.4, 0.5) is 5.13 Å². The molecule has 2 aliphatic rings. The minimum absolute atomic E-state index is 0.306. The number of piperidine rings is 1. The van der Waals surface area contributed by atoms with Crippen LogP contribution in [0.5, 0.6) is 0 Å². The van der Waals surface area contributed by atoms with Crippen LogP contribution < -0.4 is 4.90 Å². The van der Waals surface area contributed by atoms with Crippen LogP contribution in [0.1, 0.15) is 48.0 Å². The van der Waals surface area contributed by atoms with Gasteiger partial charge in [-0.2, -0.15) is 0 Å². The Morgan fingerprint density at radius 3 is 3.00 bits per heavy atom. The molecule has 0 radical (unpaired) electrons. The normalized spacial score (nSPS) is 24.9. The number of hydrogen-bond donors (Lipinski definition) is 0. The minimum atomic E-state index is 0.306. The molecule has 2 heterocycles. The van der Waals surface area contributed by atoms with E-state index < -0.39 is 0 Å². The second-order valence-electron chi connectivity index (χ2n) is 5.24. The highest BCUT2D eigenvalue weighted by Gasteiger charge is 2.25. The van der Waals surface area contributed by atoms with E-state index in [0.29, 0.717) is 12.2 Å². The van der Waals surface area contributed by atoms with Crippen LogP contribution in [0.25, 0.3) is 0 Å². The van der Waals surface area contributed by atoms with Crippen LogP contribution in [0.3, 0.4) is 0 Å². The first-order chi connectivity index (χ1) is 8.24. The third-order valence-corrected chi connectivity index (χ3v) is 4.88. The molecule has 1 aromatic heterocycles. The molecule has 92 valence electrons. The maximum absolute atomic E-state index is 11.8. The molecule has 3 rings (SSSR count). The predicted octanol–water partition coefficient (Wildman–Crippen LogP) is 2.90. The molecule has 0 saturated carbocycles. The molecule has 1 aliphatic carbocycles. The molecule has 1 saturated heterocycles. The predicted molar refractivity (Wildman–Crippen MR) is 70.0 cm³/mol. The van der Waals surface area contributed by atoms with Gasteiger partial charge in [-0.3, -0.25) is 4.79 Å². The van der Waals surface area contributed by atoms with Crippen molar-refractivity contribution >= 4 is 22.3 Å². The van der Waals surface area contributed by atoms with Crippen molar-refractivity contribution in [1.29, 1.82) is 0 Å². The number of Topliss-reactive ketones (excluding diaryl/α,β-unsaturated/α-hetero) is 1.